The number of carbonyl (C=O) groups excluding carboxylic acids is 2. The molecule has 30 heavy (non-hydrogen) atoms. The summed E-state index contributed by atoms with van der Waals surface area (Å²) in [5.74, 6) is -0.534. The van der Waals surface area contributed by atoms with E-state index in [1.54, 1.807) is 12.1 Å². The van der Waals surface area contributed by atoms with E-state index in [9.17, 15) is 14.7 Å². The summed E-state index contributed by atoms with van der Waals surface area (Å²) in [7, 11) is 0. The Morgan fingerprint density at radius 1 is 1.07 bits per heavy atom. The highest BCUT2D eigenvalue weighted by atomic mass is 32.2. The molecule has 0 aliphatic rings. The van der Waals surface area contributed by atoms with E-state index in [-0.39, 0.29) is 22.3 Å². The van der Waals surface area contributed by atoms with Crippen LogP contribution >= 0.6 is 23.5 Å². The number of phenolic OH excluding ortho intramolecular Hbond substituents is 1. The molecular formula is C18H18N6O4S2. The van der Waals surface area contributed by atoms with Gasteiger partial charge in [0.25, 0.3) is 11.1 Å². The number of hydrogen-bond donors (Lipinski definition) is 3. The highest BCUT2D eigenvalue weighted by Gasteiger charge is 2.13. The van der Waals surface area contributed by atoms with Crippen molar-refractivity contribution in [2.24, 2.45) is 0 Å². The standard InChI is InChI=1S/C18H18N6O4S2/c1-10-7-11(2)20-17(19-10)29-9-15-22-24-18(28-15)30-8-14(26)21-23-16(27)12-5-3-4-6-13(12)25/h3-7,25H,8-9H2,1-2H3,(H,21,26)(H,23,27). The maximum absolute atomic E-state index is 11.9. The number of carbonyl (C=O) groups is 2. The first kappa shape index (κ1) is 21.6. The molecule has 0 aliphatic carbocycles. The molecule has 3 rings (SSSR count). The van der Waals surface area contributed by atoms with Crippen molar-refractivity contribution in [3.8, 4) is 5.75 Å². The highest BCUT2D eigenvalue weighted by Crippen LogP contribution is 2.22. The molecule has 2 heterocycles. The molecule has 0 atom stereocenters. The van der Waals surface area contributed by atoms with E-state index in [0.717, 1.165) is 23.1 Å². The second kappa shape index (κ2) is 10.1. The lowest BCUT2D eigenvalue weighted by Gasteiger charge is -2.07. The lowest BCUT2D eigenvalue weighted by atomic mass is 10.2. The molecule has 156 valence electrons. The van der Waals surface area contributed by atoms with Gasteiger partial charge in [-0.1, -0.05) is 35.7 Å². The molecule has 3 N–H and O–H groups in total. The Hall–Kier alpha value is -3.12. The van der Waals surface area contributed by atoms with Gasteiger partial charge in [-0.3, -0.25) is 20.4 Å². The number of thioether (sulfide) groups is 2. The number of hydrogen-bond acceptors (Lipinski definition) is 10. The summed E-state index contributed by atoms with van der Waals surface area (Å²) in [6.07, 6.45) is 0. The molecule has 3 aromatic rings. The van der Waals surface area contributed by atoms with Gasteiger partial charge in [0.1, 0.15) is 5.75 Å². The van der Waals surface area contributed by atoms with Crippen molar-refractivity contribution >= 4 is 35.3 Å². The zero-order valence-electron chi connectivity index (χ0n) is 16.1. The van der Waals surface area contributed by atoms with Crippen LogP contribution in [0.25, 0.3) is 0 Å². The van der Waals surface area contributed by atoms with E-state index in [4.69, 9.17) is 4.42 Å². The van der Waals surface area contributed by atoms with E-state index in [1.807, 2.05) is 19.9 Å². The third-order valence-corrected chi connectivity index (χ3v) is 5.18. The highest BCUT2D eigenvalue weighted by molar-refractivity contribution is 7.99. The van der Waals surface area contributed by atoms with Crippen LogP contribution in [0.5, 0.6) is 5.75 Å². The number of nitrogens with zero attached hydrogens (tertiary/aromatic N) is 4. The summed E-state index contributed by atoms with van der Waals surface area (Å²) in [5, 5.41) is 18.3. The third-order valence-electron chi connectivity index (χ3n) is 3.53. The maximum atomic E-state index is 11.9. The Bertz CT molecular complexity index is 1040. The Kier molecular flexibility index (Phi) is 7.25. The number of aromatic nitrogens is 4. The molecule has 2 aromatic heterocycles. The molecule has 12 heteroatoms. The molecule has 0 saturated heterocycles. The molecule has 0 fully saturated rings. The SMILES string of the molecule is Cc1cc(C)nc(SCc2nnc(SCC(=O)NNC(=O)c3ccccc3O)o2)n1. The van der Waals surface area contributed by atoms with Gasteiger partial charge in [-0.25, -0.2) is 9.97 Å². The van der Waals surface area contributed by atoms with Crippen LogP contribution in [-0.2, 0) is 10.5 Å². The van der Waals surface area contributed by atoms with Gasteiger partial charge in [-0.15, -0.1) is 10.2 Å². The van der Waals surface area contributed by atoms with Crippen LogP contribution in [0.1, 0.15) is 27.6 Å². The quantitative estimate of drug-likeness (QED) is 0.280. The van der Waals surface area contributed by atoms with Crippen LogP contribution in [0.3, 0.4) is 0 Å². The van der Waals surface area contributed by atoms with E-state index < -0.39 is 11.8 Å². The zero-order chi connectivity index (χ0) is 21.5. The second-order valence-electron chi connectivity index (χ2n) is 5.99. The average molecular weight is 447 g/mol. The smallest absolute Gasteiger partial charge is 0.277 e. The van der Waals surface area contributed by atoms with Crippen LogP contribution in [0, 0.1) is 13.8 Å². The minimum absolute atomic E-state index is 0.0456. The van der Waals surface area contributed by atoms with Crippen molar-refractivity contribution in [1.29, 1.82) is 0 Å². The van der Waals surface area contributed by atoms with Crippen LogP contribution in [-0.4, -0.2) is 42.8 Å². The van der Waals surface area contributed by atoms with Gasteiger partial charge in [-0.05, 0) is 32.0 Å². The monoisotopic (exact) mass is 446 g/mol. The summed E-state index contributed by atoms with van der Waals surface area (Å²) in [6.45, 7) is 3.80. The first-order valence-electron chi connectivity index (χ1n) is 8.68. The van der Waals surface area contributed by atoms with Crippen molar-refractivity contribution < 1.29 is 19.1 Å². The number of aryl methyl sites for hydroxylation is 2. The fourth-order valence-electron chi connectivity index (χ4n) is 2.26. The van der Waals surface area contributed by atoms with Gasteiger partial charge in [0.15, 0.2) is 5.16 Å². The van der Waals surface area contributed by atoms with E-state index >= 15 is 0 Å². The van der Waals surface area contributed by atoms with E-state index in [2.05, 4.69) is 31.0 Å². The van der Waals surface area contributed by atoms with Crippen molar-refractivity contribution in [1.82, 2.24) is 31.0 Å². The van der Waals surface area contributed by atoms with Crippen molar-refractivity contribution in [2.45, 2.75) is 30.0 Å². The van der Waals surface area contributed by atoms with Gasteiger partial charge < -0.3 is 9.52 Å². The Morgan fingerprint density at radius 3 is 2.53 bits per heavy atom. The summed E-state index contributed by atoms with van der Waals surface area (Å²) >= 11 is 2.41. The van der Waals surface area contributed by atoms with Gasteiger partial charge in [0, 0.05) is 11.4 Å². The van der Waals surface area contributed by atoms with Crippen molar-refractivity contribution in [2.75, 3.05) is 5.75 Å². The number of nitrogens with one attached hydrogen (secondary N) is 2. The number of amides is 2. The summed E-state index contributed by atoms with van der Waals surface area (Å²) in [5.41, 5.74) is 6.31. The Labute approximate surface area is 180 Å². The average Bonchev–Trinajstić information content (AvgIpc) is 3.16. The Morgan fingerprint density at radius 2 is 1.80 bits per heavy atom. The molecule has 0 bridgehead atoms. The molecule has 0 spiro atoms. The van der Waals surface area contributed by atoms with Crippen LogP contribution in [0.2, 0.25) is 0 Å². The fourth-order valence-corrected chi connectivity index (χ4v) is 3.63. The van der Waals surface area contributed by atoms with Gasteiger partial charge in [0.05, 0.1) is 17.1 Å². The number of hydrazine groups is 1. The molecule has 0 unspecified atom stereocenters. The summed E-state index contributed by atoms with van der Waals surface area (Å²) < 4.78 is 5.49. The molecule has 10 nitrogen and oxygen atoms in total. The second-order valence-corrected chi connectivity index (χ2v) is 7.86. The number of phenols is 1. The zero-order valence-corrected chi connectivity index (χ0v) is 17.7. The summed E-state index contributed by atoms with van der Waals surface area (Å²) in [6, 6.07) is 7.90. The lowest BCUT2D eigenvalue weighted by molar-refractivity contribution is -0.119. The molecule has 1 aromatic carbocycles. The summed E-state index contributed by atoms with van der Waals surface area (Å²) in [4.78, 5) is 32.5. The normalized spacial score (nSPS) is 10.6. The first-order valence-corrected chi connectivity index (χ1v) is 10.7. The maximum Gasteiger partial charge on any atom is 0.277 e. The van der Waals surface area contributed by atoms with E-state index in [0.29, 0.717) is 16.8 Å². The van der Waals surface area contributed by atoms with Crippen molar-refractivity contribution in [3.05, 3.63) is 53.2 Å². The van der Waals surface area contributed by atoms with Crippen LogP contribution < -0.4 is 10.9 Å². The topological polar surface area (TPSA) is 143 Å². The minimum Gasteiger partial charge on any atom is -0.507 e. The molecule has 0 saturated carbocycles. The lowest BCUT2D eigenvalue weighted by Crippen LogP contribution is -2.42. The van der Waals surface area contributed by atoms with Crippen LogP contribution in [0.4, 0.5) is 0 Å². The van der Waals surface area contributed by atoms with Gasteiger partial charge in [-0.2, -0.15) is 0 Å². The van der Waals surface area contributed by atoms with Crippen LogP contribution in [0.15, 0.2) is 45.1 Å². The molecule has 0 radical (unpaired) electrons. The molecular weight excluding hydrogens is 428 g/mol. The van der Waals surface area contributed by atoms with Gasteiger partial charge in [0.2, 0.25) is 11.8 Å². The molecule has 0 aliphatic heterocycles. The number of aromatic hydroxyl groups is 1. The third kappa shape index (κ3) is 6.19. The Balaban J connectivity index is 1.43. The molecule has 2 amide bonds. The number of rotatable bonds is 7. The number of benzene rings is 1. The minimum atomic E-state index is -0.628. The first-order chi connectivity index (χ1) is 14.4. The predicted molar refractivity (Wildman–Crippen MR) is 110 cm³/mol. The fraction of sp³-hybridized carbons (Fsp3) is 0.222. The predicted octanol–water partition coefficient (Wildman–Crippen LogP) is 2.03. The van der Waals surface area contributed by atoms with E-state index in [1.165, 1.54) is 23.9 Å². The van der Waals surface area contributed by atoms with Crippen molar-refractivity contribution in [3.63, 3.8) is 0 Å². The number of para-hydroxylation sites is 1. The van der Waals surface area contributed by atoms with Gasteiger partial charge >= 0.3 is 0 Å². The largest absolute Gasteiger partial charge is 0.507 e.